The van der Waals surface area contributed by atoms with Gasteiger partial charge in [0.2, 0.25) is 5.91 Å². The van der Waals surface area contributed by atoms with Crippen LogP contribution in [0.5, 0.6) is 0 Å². The van der Waals surface area contributed by atoms with E-state index in [-0.39, 0.29) is 18.4 Å². The second-order valence-electron chi connectivity index (χ2n) is 13.5. The number of carbonyl (C=O) groups is 2. The van der Waals surface area contributed by atoms with E-state index in [2.05, 4.69) is 13.8 Å². The van der Waals surface area contributed by atoms with Crippen LogP contribution >= 0.6 is 0 Å². The standard InChI is InChI=1S/C39H77NO3/c1-4-6-8-10-12-14-16-18-20-22-24-26-28-30-32-34-36-43-39(42)37-40(3)38(41)35-33-31-29-27-25-23-21-19-17-15-13-11-9-7-5-2/h4-37H2,1-3H3. The number of carbonyl (C=O) groups excluding carboxylic acids is 2. The summed E-state index contributed by atoms with van der Waals surface area (Å²) >= 11 is 0. The molecule has 256 valence electrons. The smallest absolute Gasteiger partial charge is 0.325 e. The first-order valence-electron chi connectivity index (χ1n) is 19.5. The van der Waals surface area contributed by atoms with Crippen molar-refractivity contribution < 1.29 is 14.3 Å². The van der Waals surface area contributed by atoms with Gasteiger partial charge in [-0.2, -0.15) is 0 Å². The van der Waals surface area contributed by atoms with Gasteiger partial charge in [0.1, 0.15) is 6.54 Å². The second-order valence-corrected chi connectivity index (χ2v) is 13.5. The summed E-state index contributed by atoms with van der Waals surface area (Å²) in [5.74, 6) is -0.206. The van der Waals surface area contributed by atoms with Crippen molar-refractivity contribution in [3.63, 3.8) is 0 Å². The normalized spacial score (nSPS) is 11.2. The molecule has 0 bridgehead atoms. The van der Waals surface area contributed by atoms with Crippen LogP contribution in [0.2, 0.25) is 0 Å². The van der Waals surface area contributed by atoms with E-state index in [9.17, 15) is 9.59 Å². The molecule has 0 unspecified atom stereocenters. The number of nitrogens with zero attached hydrogens (tertiary/aromatic N) is 1. The Kier molecular flexibility index (Phi) is 34.5. The summed E-state index contributed by atoms with van der Waals surface area (Å²) in [5, 5.41) is 0. The highest BCUT2D eigenvalue weighted by Crippen LogP contribution is 2.15. The lowest BCUT2D eigenvalue weighted by Gasteiger charge is -2.16. The number of hydrogen-bond acceptors (Lipinski definition) is 3. The van der Waals surface area contributed by atoms with Gasteiger partial charge in [-0.15, -0.1) is 0 Å². The lowest BCUT2D eigenvalue weighted by molar-refractivity contribution is -0.148. The van der Waals surface area contributed by atoms with E-state index in [0.29, 0.717) is 13.0 Å². The fraction of sp³-hybridized carbons (Fsp3) is 0.949. The van der Waals surface area contributed by atoms with Gasteiger partial charge < -0.3 is 9.64 Å². The zero-order valence-corrected chi connectivity index (χ0v) is 29.7. The summed E-state index contributed by atoms with van der Waals surface area (Å²) < 4.78 is 5.38. The van der Waals surface area contributed by atoms with Crippen molar-refractivity contribution in [3.05, 3.63) is 0 Å². The molecule has 1 amide bonds. The predicted octanol–water partition coefficient (Wildman–Crippen LogP) is 12.5. The highest BCUT2D eigenvalue weighted by Gasteiger charge is 2.13. The van der Waals surface area contributed by atoms with Gasteiger partial charge in [0, 0.05) is 13.5 Å². The number of ether oxygens (including phenoxy) is 1. The zero-order valence-electron chi connectivity index (χ0n) is 29.7. The molecule has 0 atom stereocenters. The number of amides is 1. The second kappa shape index (κ2) is 35.4. The number of hydrogen-bond donors (Lipinski definition) is 0. The highest BCUT2D eigenvalue weighted by molar-refractivity contribution is 5.81. The first-order chi connectivity index (χ1) is 21.1. The molecule has 4 nitrogen and oxygen atoms in total. The van der Waals surface area contributed by atoms with Crippen molar-refractivity contribution in [2.75, 3.05) is 20.2 Å². The van der Waals surface area contributed by atoms with Crippen molar-refractivity contribution >= 4 is 11.9 Å². The van der Waals surface area contributed by atoms with Gasteiger partial charge >= 0.3 is 5.97 Å². The monoisotopic (exact) mass is 608 g/mol. The van der Waals surface area contributed by atoms with Gasteiger partial charge in [-0.25, -0.2) is 0 Å². The number of likely N-dealkylation sites (N-methyl/N-ethyl adjacent to an activating group) is 1. The maximum absolute atomic E-state index is 12.4. The summed E-state index contributed by atoms with van der Waals surface area (Å²) in [6.07, 6.45) is 41.8. The van der Waals surface area contributed by atoms with E-state index in [0.717, 1.165) is 25.7 Å². The lowest BCUT2D eigenvalue weighted by Crippen LogP contribution is -2.33. The minimum Gasteiger partial charge on any atom is -0.464 e. The average Bonchev–Trinajstić information content (AvgIpc) is 3.00. The maximum Gasteiger partial charge on any atom is 0.325 e. The van der Waals surface area contributed by atoms with E-state index in [1.807, 2.05) is 0 Å². The largest absolute Gasteiger partial charge is 0.464 e. The van der Waals surface area contributed by atoms with Crippen LogP contribution < -0.4 is 0 Å². The van der Waals surface area contributed by atoms with Gasteiger partial charge in [0.05, 0.1) is 6.61 Å². The number of unbranched alkanes of at least 4 members (excludes halogenated alkanes) is 29. The van der Waals surface area contributed by atoms with Crippen LogP contribution in [-0.4, -0.2) is 37.0 Å². The molecule has 0 saturated carbocycles. The van der Waals surface area contributed by atoms with E-state index in [4.69, 9.17) is 4.74 Å². The molecule has 0 fully saturated rings. The van der Waals surface area contributed by atoms with Crippen molar-refractivity contribution in [3.8, 4) is 0 Å². The summed E-state index contributed by atoms with van der Waals surface area (Å²) in [4.78, 5) is 26.0. The van der Waals surface area contributed by atoms with Crippen LogP contribution in [0.3, 0.4) is 0 Å². The summed E-state index contributed by atoms with van der Waals surface area (Å²) in [5.41, 5.74) is 0. The minimum atomic E-state index is -0.270. The first kappa shape index (κ1) is 41.9. The van der Waals surface area contributed by atoms with Gasteiger partial charge in [0.25, 0.3) is 0 Å². The Morgan fingerprint density at radius 3 is 1.02 bits per heavy atom. The van der Waals surface area contributed by atoms with Crippen LogP contribution in [0.4, 0.5) is 0 Å². The molecule has 0 spiro atoms. The molecule has 0 aromatic heterocycles. The molecule has 43 heavy (non-hydrogen) atoms. The van der Waals surface area contributed by atoms with Crippen LogP contribution in [-0.2, 0) is 14.3 Å². The predicted molar refractivity (Wildman–Crippen MR) is 188 cm³/mol. The molecule has 0 saturated heterocycles. The topological polar surface area (TPSA) is 46.6 Å². The third kappa shape index (κ3) is 33.7. The summed E-state index contributed by atoms with van der Waals surface area (Å²) in [7, 11) is 1.73. The average molecular weight is 608 g/mol. The van der Waals surface area contributed by atoms with Crippen molar-refractivity contribution in [2.45, 2.75) is 219 Å². The van der Waals surface area contributed by atoms with Crippen LogP contribution in [0.25, 0.3) is 0 Å². The fourth-order valence-electron chi connectivity index (χ4n) is 6.00. The van der Waals surface area contributed by atoms with Crippen LogP contribution in [0.15, 0.2) is 0 Å². The van der Waals surface area contributed by atoms with Crippen molar-refractivity contribution in [1.82, 2.24) is 4.90 Å². The Bertz CT molecular complexity index is 579. The fourth-order valence-corrected chi connectivity index (χ4v) is 6.00. The molecule has 0 aromatic rings. The van der Waals surface area contributed by atoms with Gasteiger partial charge in [0.15, 0.2) is 0 Å². The van der Waals surface area contributed by atoms with Crippen molar-refractivity contribution in [2.24, 2.45) is 0 Å². The van der Waals surface area contributed by atoms with Crippen molar-refractivity contribution in [1.29, 1.82) is 0 Å². The minimum absolute atomic E-state index is 0.0639. The first-order valence-corrected chi connectivity index (χ1v) is 19.5. The Hall–Kier alpha value is -1.06. The van der Waals surface area contributed by atoms with Crippen LogP contribution in [0.1, 0.15) is 219 Å². The number of rotatable bonds is 35. The lowest BCUT2D eigenvalue weighted by atomic mass is 10.0. The molecule has 0 aliphatic heterocycles. The Labute approximate surface area is 270 Å². The maximum atomic E-state index is 12.4. The Morgan fingerprint density at radius 2 is 0.698 bits per heavy atom. The third-order valence-electron chi connectivity index (χ3n) is 9.05. The van der Waals surface area contributed by atoms with E-state index in [1.165, 1.54) is 173 Å². The molecular weight excluding hydrogens is 530 g/mol. The Morgan fingerprint density at radius 1 is 0.419 bits per heavy atom. The molecule has 0 aromatic carbocycles. The molecular formula is C39H77NO3. The molecule has 4 heteroatoms. The third-order valence-corrected chi connectivity index (χ3v) is 9.05. The molecule has 0 rings (SSSR count). The quantitative estimate of drug-likeness (QED) is 0.0532. The highest BCUT2D eigenvalue weighted by atomic mass is 16.5. The van der Waals surface area contributed by atoms with E-state index >= 15 is 0 Å². The van der Waals surface area contributed by atoms with E-state index in [1.54, 1.807) is 11.9 Å². The molecule has 0 N–H and O–H groups in total. The Balaban J connectivity index is 3.39. The summed E-state index contributed by atoms with van der Waals surface area (Å²) in [6, 6.07) is 0. The van der Waals surface area contributed by atoms with Crippen LogP contribution in [0, 0.1) is 0 Å². The van der Waals surface area contributed by atoms with E-state index < -0.39 is 0 Å². The summed E-state index contributed by atoms with van der Waals surface area (Å²) in [6.45, 7) is 5.13. The van der Waals surface area contributed by atoms with Gasteiger partial charge in [-0.1, -0.05) is 200 Å². The molecule has 0 radical (unpaired) electrons. The van der Waals surface area contributed by atoms with Gasteiger partial charge in [-0.3, -0.25) is 9.59 Å². The molecule has 0 aliphatic rings. The molecule has 0 aliphatic carbocycles. The van der Waals surface area contributed by atoms with Gasteiger partial charge in [-0.05, 0) is 12.8 Å². The number of esters is 1. The SMILES string of the molecule is CCCCCCCCCCCCCCCCCCOC(=O)CN(C)C(=O)CCCCCCCCCCCCCCCCC. The molecule has 0 heterocycles. The zero-order chi connectivity index (χ0) is 31.5.